The van der Waals surface area contributed by atoms with E-state index >= 15 is 0 Å². The van der Waals surface area contributed by atoms with Crippen LogP contribution in [0, 0.1) is 11.8 Å². The molecule has 4 nitrogen and oxygen atoms in total. The lowest BCUT2D eigenvalue weighted by Gasteiger charge is -2.25. The van der Waals surface area contributed by atoms with Gasteiger partial charge in [-0.1, -0.05) is 26.3 Å². The molecule has 0 amide bonds. The van der Waals surface area contributed by atoms with Gasteiger partial charge >= 0.3 is 5.97 Å². The molecule has 1 rings (SSSR count). The molecule has 0 bridgehead atoms. The lowest BCUT2D eigenvalue weighted by molar-refractivity contribution is -0.148. The molecule has 1 aliphatic carbocycles. The zero-order chi connectivity index (χ0) is 14.4. The van der Waals surface area contributed by atoms with Gasteiger partial charge < -0.3 is 9.84 Å². The van der Waals surface area contributed by atoms with Gasteiger partial charge in [0, 0.05) is 5.57 Å². The molecule has 1 aliphatic rings. The SMILES string of the molecule is CCCC(C)C(C(=O)OCC)C1=C(O)CC(=O)C=C1. The van der Waals surface area contributed by atoms with Gasteiger partial charge in [-0.15, -0.1) is 0 Å². The Labute approximate surface area is 114 Å². The third-order valence-electron chi connectivity index (χ3n) is 3.31. The molecule has 1 N–H and O–H groups in total. The number of hydrogen-bond acceptors (Lipinski definition) is 4. The number of esters is 1. The Morgan fingerprint density at radius 3 is 2.63 bits per heavy atom. The first-order valence-electron chi connectivity index (χ1n) is 6.80. The molecule has 2 atom stereocenters. The molecule has 4 heteroatoms. The fraction of sp³-hybridized carbons (Fsp3) is 0.600. The molecule has 2 unspecified atom stereocenters. The Morgan fingerprint density at radius 1 is 1.42 bits per heavy atom. The van der Waals surface area contributed by atoms with E-state index in [4.69, 9.17) is 4.74 Å². The summed E-state index contributed by atoms with van der Waals surface area (Å²) < 4.78 is 5.10. The first kappa shape index (κ1) is 15.5. The maximum absolute atomic E-state index is 12.1. The van der Waals surface area contributed by atoms with Crippen LogP contribution in [-0.4, -0.2) is 23.5 Å². The normalized spacial score (nSPS) is 18.4. The fourth-order valence-electron chi connectivity index (χ4n) is 2.41. The highest BCUT2D eigenvalue weighted by atomic mass is 16.5. The Kier molecular flexibility index (Phi) is 5.80. The van der Waals surface area contributed by atoms with Crippen LogP contribution >= 0.6 is 0 Å². The predicted molar refractivity (Wildman–Crippen MR) is 72.6 cm³/mol. The maximum atomic E-state index is 12.1. The molecular weight excluding hydrogens is 244 g/mol. The number of aliphatic hydroxyl groups is 1. The zero-order valence-electron chi connectivity index (χ0n) is 11.8. The minimum atomic E-state index is -0.496. The molecule has 0 fully saturated rings. The van der Waals surface area contributed by atoms with E-state index in [9.17, 15) is 14.7 Å². The molecule has 0 heterocycles. The number of aliphatic hydroxyl groups excluding tert-OH is 1. The lowest BCUT2D eigenvalue weighted by atomic mass is 9.81. The van der Waals surface area contributed by atoms with Gasteiger partial charge in [0.15, 0.2) is 5.78 Å². The topological polar surface area (TPSA) is 63.6 Å². The molecular formula is C15H22O4. The van der Waals surface area contributed by atoms with E-state index < -0.39 is 5.92 Å². The highest BCUT2D eigenvalue weighted by Gasteiger charge is 2.32. The van der Waals surface area contributed by atoms with Crippen molar-refractivity contribution in [1.82, 2.24) is 0 Å². The Bertz CT molecular complexity index is 406. The molecule has 0 aromatic rings. The van der Waals surface area contributed by atoms with Crippen LogP contribution < -0.4 is 0 Å². The monoisotopic (exact) mass is 266 g/mol. The quantitative estimate of drug-likeness (QED) is 0.751. The zero-order valence-corrected chi connectivity index (χ0v) is 11.8. The molecule has 0 aromatic heterocycles. The number of hydrogen-bond donors (Lipinski definition) is 1. The van der Waals surface area contributed by atoms with Crippen molar-refractivity contribution >= 4 is 11.8 Å². The van der Waals surface area contributed by atoms with Gasteiger partial charge in [-0.05, 0) is 25.3 Å². The molecule has 0 saturated carbocycles. The lowest BCUT2D eigenvalue weighted by Crippen LogP contribution is -2.28. The third kappa shape index (κ3) is 3.94. The summed E-state index contributed by atoms with van der Waals surface area (Å²) in [7, 11) is 0. The number of allylic oxidation sites excluding steroid dienone is 3. The van der Waals surface area contributed by atoms with E-state index in [0.717, 1.165) is 12.8 Å². The average Bonchev–Trinajstić information content (AvgIpc) is 2.33. The summed E-state index contributed by atoms with van der Waals surface area (Å²) in [5.74, 6) is -0.909. The van der Waals surface area contributed by atoms with Crippen LogP contribution in [0.1, 0.15) is 40.0 Å². The van der Waals surface area contributed by atoms with Gasteiger partial charge in [-0.2, -0.15) is 0 Å². The van der Waals surface area contributed by atoms with E-state index in [1.807, 2.05) is 13.8 Å². The number of ether oxygens (including phenoxy) is 1. The highest BCUT2D eigenvalue weighted by Crippen LogP contribution is 2.31. The average molecular weight is 266 g/mol. The molecule has 0 aliphatic heterocycles. The fourth-order valence-corrected chi connectivity index (χ4v) is 2.41. The van der Waals surface area contributed by atoms with Crippen molar-refractivity contribution in [2.75, 3.05) is 6.61 Å². The first-order valence-corrected chi connectivity index (χ1v) is 6.80. The summed E-state index contributed by atoms with van der Waals surface area (Å²) in [5.41, 5.74) is 0.527. The van der Waals surface area contributed by atoms with E-state index in [1.54, 1.807) is 13.0 Å². The van der Waals surface area contributed by atoms with Gasteiger partial charge in [0.1, 0.15) is 5.76 Å². The molecule has 0 spiro atoms. The molecule has 106 valence electrons. The Morgan fingerprint density at radius 2 is 2.11 bits per heavy atom. The van der Waals surface area contributed by atoms with Gasteiger partial charge in [-0.25, -0.2) is 0 Å². The smallest absolute Gasteiger partial charge is 0.313 e. The molecule has 19 heavy (non-hydrogen) atoms. The van der Waals surface area contributed by atoms with Crippen molar-refractivity contribution in [1.29, 1.82) is 0 Å². The van der Waals surface area contributed by atoms with Crippen molar-refractivity contribution in [2.45, 2.75) is 40.0 Å². The number of carbonyl (C=O) groups excluding carboxylic acids is 2. The summed E-state index contributed by atoms with van der Waals surface area (Å²) in [6.45, 7) is 6.08. The van der Waals surface area contributed by atoms with Crippen LogP contribution in [0.25, 0.3) is 0 Å². The Hall–Kier alpha value is -1.58. The minimum absolute atomic E-state index is 0.00601. The van der Waals surface area contributed by atoms with Crippen LogP contribution in [0.3, 0.4) is 0 Å². The van der Waals surface area contributed by atoms with Gasteiger partial charge in [0.2, 0.25) is 0 Å². The number of ketones is 1. The molecule has 0 saturated heterocycles. The molecule has 0 radical (unpaired) electrons. The van der Waals surface area contributed by atoms with Crippen LogP contribution in [0.4, 0.5) is 0 Å². The van der Waals surface area contributed by atoms with E-state index in [2.05, 4.69) is 0 Å². The summed E-state index contributed by atoms with van der Waals surface area (Å²) in [6.07, 6.45) is 4.76. The van der Waals surface area contributed by atoms with E-state index in [1.165, 1.54) is 6.08 Å². The molecule has 0 aromatic carbocycles. The van der Waals surface area contributed by atoms with Crippen molar-refractivity contribution in [3.63, 3.8) is 0 Å². The maximum Gasteiger partial charge on any atom is 0.313 e. The standard InChI is InChI=1S/C15H22O4/c1-4-6-10(3)14(15(18)19-5-2)12-8-7-11(16)9-13(12)17/h7-8,10,14,17H,4-6,9H2,1-3H3. The second kappa shape index (κ2) is 7.12. The van der Waals surface area contributed by atoms with Crippen LogP contribution in [0.15, 0.2) is 23.5 Å². The summed E-state index contributed by atoms with van der Waals surface area (Å²) in [5, 5.41) is 9.94. The van der Waals surface area contributed by atoms with Gasteiger partial charge in [-0.3, -0.25) is 9.59 Å². The van der Waals surface area contributed by atoms with Crippen LogP contribution in [0.5, 0.6) is 0 Å². The first-order chi connectivity index (χ1) is 9.01. The van der Waals surface area contributed by atoms with Crippen molar-refractivity contribution in [3.05, 3.63) is 23.5 Å². The van der Waals surface area contributed by atoms with Crippen molar-refractivity contribution in [3.8, 4) is 0 Å². The third-order valence-corrected chi connectivity index (χ3v) is 3.31. The van der Waals surface area contributed by atoms with E-state index in [0.29, 0.717) is 12.2 Å². The highest BCUT2D eigenvalue weighted by molar-refractivity contribution is 5.94. The number of carbonyl (C=O) groups is 2. The second-order valence-corrected chi connectivity index (χ2v) is 4.87. The van der Waals surface area contributed by atoms with Crippen molar-refractivity contribution < 1.29 is 19.4 Å². The minimum Gasteiger partial charge on any atom is -0.512 e. The summed E-state index contributed by atoms with van der Waals surface area (Å²) >= 11 is 0. The summed E-state index contributed by atoms with van der Waals surface area (Å²) in [4.78, 5) is 23.3. The van der Waals surface area contributed by atoms with Crippen LogP contribution in [-0.2, 0) is 14.3 Å². The predicted octanol–water partition coefficient (Wildman–Crippen LogP) is 2.94. The Balaban J connectivity index is 3.03. The van der Waals surface area contributed by atoms with E-state index in [-0.39, 0.29) is 29.9 Å². The van der Waals surface area contributed by atoms with Crippen LogP contribution in [0.2, 0.25) is 0 Å². The number of rotatable bonds is 6. The summed E-state index contributed by atoms with van der Waals surface area (Å²) in [6, 6.07) is 0. The van der Waals surface area contributed by atoms with Gasteiger partial charge in [0.05, 0.1) is 18.9 Å². The van der Waals surface area contributed by atoms with Gasteiger partial charge in [0.25, 0.3) is 0 Å². The largest absolute Gasteiger partial charge is 0.512 e. The second-order valence-electron chi connectivity index (χ2n) is 4.87. The van der Waals surface area contributed by atoms with Crippen molar-refractivity contribution in [2.24, 2.45) is 11.8 Å².